The number of aromatic amines is 1. The molecule has 2 heterocycles. The van der Waals surface area contributed by atoms with Crippen LogP contribution in [0.25, 0.3) is 0 Å². The van der Waals surface area contributed by atoms with Gasteiger partial charge in [0, 0.05) is 17.3 Å². The Kier molecular flexibility index (Phi) is 3.87. The second-order valence-corrected chi connectivity index (χ2v) is 6.29. The molecular weight excluding hydrogens is 270 g/mol. The van der Waals surface area contributed by atoms with Gasteiger partial charge in [0.25, 0.3) is 0 Å². The van der Waals surface area contributed by atoms with Crippen molar-refractivity contribution in [2.24, 2.45) is 0 Å². The van der Waals surface area contributed by atoms with E-state index in [9.17, 15) is 4.79 Å². The quantitative estimate of drug-likeness (QED) is 0.909. The molecule has 0 aromatic carbocycles. The van der Waals surface area contributed by atoms with Gasteiger partial charge in [0.05, 0.1) is 12.0 Å². The van der Waals surface area contributed by atoms with E-state index in [0.717, 1.165) is 31.5 Å². The van der Waals surface area contributed by atoms with Crippen LogP contribution in [0.1, 0.15) is 42.8 Å². The summed E-state index contributed by atoms with van der Waals surface area (Å²) >= 11 is 1.70. The molecule has 2 aromatic heterocycles. The number of carbonyl (C=O) groups is 1. The first-order valence-electron chi connectivity index (χ1n) is 7.12. The molecule has 2 aromatic rings. The zero-order chi connectivity index (χ0) is 13.8. The highest BCUT2D eigenvalue weighted by Crippen LogP contribution is 2.41. The van der Waals surface area contributed by atoms with Gasteiger partial charge in [-0.3, -0.25) is 4.79 Å². The molecule has 4 nitrogen and oxygen atoms in total. The minimum Gasteiger partial charge on any atom is -0.348 e. The Morgan fingerprint density at radius 1 is 1.40 bits per heavy atom. The molecule has 1 aliphatic rings. The number of H-pyrrole nitrogens is 1. The van der Waals surface area contributed by atoms with Gasteiger partial charge in [-0.25, -0.2) is 4.98 Å². The number of nitrogens with one attached hydrogen (secondary N) is 2. The van der Waals surface area contributed by atoms with E-state index in [0.29, 0.717) is 6.54 Å². The topological polar surface area (TPSA) is 57.8 Å². The lowest BCUT2D eigenvalue weighted by molar-refractivity contribution is -0.128. The predicted molar refractivity (Wildman–Crippen MR) is 79.5 cm³/mol. The minimum atomic E-state index is -0.320. The standard InChI is InChI=1S/C15H19N3OS/c19-14(18-11-13-16-8-9-17-13)15(6-2-1-3-7-15)12-5-4-10-20-12/h4-5,8-10H,1-3,6-7,11H2,(H,16,17)(H,18,19). The summed E-state index contributed by atoms with van der Waals surface area (Å²) in [4.78, 5) is 21.1. The fraction of sp³-hybridized carbons (Fsp3) is 0.467. The molecule has 0 radical (unpaired) electrons. The number of hydrogen-bond donors (Lipinski definition) is 2. The maximum atomic E-state index is 12.8. The van der Waals surface area contributed by atoms with E-state index < -0.39 is 0 Å². The van der Waals surface area contributed by atoms with Crippen molar-refractivity contribution in [2.45, 2.75) is 44.1 Å². The van der Waals surface area contributed by atoms with E-state index in [1.54, 1.807) is 23.7 Å². The van der Waals surface area contributed by atoms with Gasteiger partial charge < -0.3 is 10.3 Å². The Morgan fingerprint density at radius 2 is 2.25 bits per heavy atom. The van der Waals surface area contributed by atoms with Gasteiger partial charge in [0.1, 0.15) is 5.82 Å². The van der Waals surface area contributed by atoms with Crippen molar-refractivity contribution in [1.29, 1.82) is 0 Å². The molecule has 1 saturated carbocycles. The van der Waals surface area contributed by atoms with Crippen LogP contribution in [-0.4, -0.2) is 15.9 Å². The summed E-state index contributed by atoms with van der Waals surface area (Å²) in [5.41, 5.74) is -0.320. The Balaban J connectivity index is 1.77. The van der Waals surface area contributed by atoms with Crippen LogP contribution < -0.4 is 5.32 Å². The lowest BCUT2D eigenvalue weighted by atomic mass is 9.72. The molecular formula is C15H19N3OS. The van der Waals surface area contributed by atoms with E-state index in [4.69, 9.17) is 0 Å². The third-order valence-corrected chi connectivity index (χ3v) is 5.18. The molecule has 0 spiro atoms. The second kappa shape index (κ2) is 5.79. The normalized spacial score (nSPS) is 17.8. The van der Waals surface area contributed by atoms with E-state index >= 15 is 0 Å². The molecule has 0 saturated heterocycles. The van der Waals surface area contributed by atoms with Crippen molar-refractivity contribution in [1.82, 2.24) is 15.3 Å². The van der Waals surface area contributed by atoms with Crippen molar-refractivity contribution < 1.29 is 4.79 Å². The molecule has 2 N–H and O–H groups in total. The molecule has 5 heteroatoms. The highest BCUT2D eigenvalue weighted by atomic mass is 32.1. The van der Waals surface area contributed by atoms with E-state index in [2.05, 4.69) is 26.7 Å². The number of thiophene rings is 1. The molecule has 1 aliphatic carbocycles. The number of imidazole rings is 1. The maximum absolute atomic E-state index is 12.8. The predicted octanol–water partition coefficient (Wildman–Crippen LogP) is 2.99. The highest BCUT2D eigenvalue weighted by Gasteiger charge is 2.41. The lowest BCUT2D eigenvalue weighted by Gasteiger charge is -2.35. The summed E-state index contributed by atoms with van der Waals surface area (Å²) in [6.07, 6.45) is 8.89. The fourth-order valence-electron chi connectivity index (χ4n) is 3.02. The summed E-state index contributed by atoms with van der Waals surface area (Å²) in [6, 6.07) is 4.14. The molecule has 0 unspecified atom stereocenters. The first-order chi connectivity index (χ1) is 9.81. The van der Waals surface area contributed by atoms with Gasteiger partial charge >= 0.3 is 0 Å². The lowest BCUT2D eigenvalue weighted by Crippen LogP contribution is -2.45. The zero-order valence-corrected chi connectivity index (χ0v) is 12.2. The summed E-state index contributed by atoms with van der Waals surface area (Å²) in [6.45, 7) is 0.471. The maximum Gasteiger partial charge on any atom is 0.231 e. The third-order valence-electron chi connectivity index (χ3n) is 4.11. The summed E-state index contributed by atoms with van der Waals surface area (Å²) < 4.78 is 0. The van der Waals surface area contributed by atoms with Crippen LogP contribution in [0, 0.1) is 0 Å². The average molecular weight is 289 g/mol. The second-order valence-electron chi connectivity index (χ2n) is 5.34. The number of hydrogen-bond acceptors (Lipinski definition) is 3. The van der Waals surface area contributed by atoms with Gasteiger partial charge in [-0.2, -0.15) is 0 Å². The smallest absolute Gasteiger partial charge is 0.231 e. The van der Waals surface area contributed by atoms with Crippen molar-refractivity contribution in [2.75, 3.05) is 0 Å². The molecule has 3 rings (SSSR count). The SMILES string of the molecule is O=C(NCc1ncc[nH]1)C1(c2cccs2)CCCCC1. The van der Waals surface area contributed by atoms with Crippen LogP contribution in [0.3, 0.4) is 0 Å². The number of aromatic nitrogens is 2. The Bertz CT molecular complexity index is 542. The molecule has 0 aliphatic heterocycles. The van der Waals surface area contributed by atoms with Crippen molar-refractivity contribution in [3.63, 3.8) is 0 Å². The van der Waals surface area contributed by atoms with Crippen LogP contribution in [0.15, 0.2) is 29.9 Å². The molecule has 0 bridgehead atoms. The third kappa shape index (κ3) is 2.50. The average Bonchev–Trinajstić information content (AvgIpc) is 3.18. The van der Waals surface area contributed by atoms with Gasteiger partial charge in [0.15, 0.2) is 0 Å². The summed E-state index contributed by atoms with van der Waals surface area (Å²) in [5.74, 6) is 0.950. The Labute approximate surface area is 122 Å². The van der Waals surface area contributed by atoms with Crippen LogP contribution in [0.5, 0.6) is 0 Å². The van der Waals surface area contributed by atoms with E-state index in [-0.39, 0.29) is 11.3 Å². The number of amides is 1. The Hall–Kier alpha value is -1.62. The summed E-state index contributed by atoms with van der Waals surface area (Å²) in [7, 11) is 0. The zero-order valence-electron chi connectivity index (χ0n) is 11.4. The first kappa shape index (κ1) is 13.4. The first-order valence-corrected chi connectivity index (χ1v) is 8.00. The number of rotatable bonds is 4. The molecule has 1 amide bonds. The Morgan fingerprint density at radius 3 is 2.90 bits per heavy atom. The van der Waals surface area contributed by atoms with E-state index in [1.807, 2.05) is 6.07 Å². The van der Waals surface area contributed by atoms with Crippen LogP contribution in [-0.2, 0) is 16.8 Å². The minimum absolute atomic E-state index is 0.149. The van der Waals surface area contributed by atoms with Gasteiger partial charge in [-0.15, -0.1) is 11.3 Å². The number of nitrogens with zero attached hydrogens (tertiary/aromatic N) is 1. The van der Waals surface area contributed by atoms with Gasteiger partial charge in [0.2, 0.25) is 5.91 Å². The van der Waals surface area contributed by atoms with Gasteiger partial charge in [-0.1, -0.05) is 25.3 Å². The van der Waals surface area contributed by atoms with Crippen molar-refractivity contribution in [3.8, 4) is 0 Å². The molecule has 1 fully saturated rings. The van der Waals surface area contributed by atoms with Crippen LogP contribution in [0.4, 0.5) is 0 Å². The fourth-order valence-corrected chi connectivity index (χ4v) is 4.00. The number of carbonyl (C=O) groups excluding carboxylic acids is 1. The summed E-state index contributed by atoms with van der Waals surface area (Å²) in [5, 5.41) is 5.12. The van der Waals surface area contributed by atoms with Gasteiger partial charge in [-0.05, 0) is 24.3 Å². The molecule has 20 heavy (non-hydrogen) atoms. The highest BCUT2D eigenvalue weighted by molar-refractivity contribution is 7.10. The van der Waals surface area contributed by atoms with Crippen LogP contribution in [0.2, 0.25) is 0 Å². The van der Waals surface area contributed by atoms with E-state index in [1.165, 1.54) is 11.3 Å². The van der Waals surface area contributed by atoms with Crippen LogP contribution >= 0.6 is 11.3 Å². The van der Waals surface area contributed by atoms with Crippen molar-refractivity contribution in [3.05, 3.63) is 40.6 Å². The molecule has 106 valence electrons. The van der Waals surface area contributed by atoms with Crippen molar-refractivity contribution >= 4 is 17.2 Å². The molecule has 0 atom stereocenters. The largest absolute Gasteiger partial charge is 0.348 e. The monoisotopic (exact) mass is 289 g/mol.